The minimum absolute atomic E-state index is 0.123. The van der Waals surface area contributed by atoms with Crippen molar-refractivity contribution in [1.29, 1.82) is 0 Å². The van der Waals surface area contributed by atoms with Gasteiger partial charge in [-0.3, -0.25) is 14.9 Å². The second-order valence-electron chi connectivity index (χ2n) is 9.70. The lowest BCUT2D eigenvalue weighted by Gasteiger charge is -2.55. The third-order valence-corrected chi connectivity index (χ3v) is 9.43. The van der Waals surface area contributed by atoms with Gasteiger partial charge in [0, 0.05) is 12.1 Å². The molecule has 0 aliphatic heterocycles. The highest BCUT2D eigenvalue weighted by Crippen LogP contribution is 2.54. The Morgan fingerprint density at radius 3 is 2.17 bits per heavy atom. The van der Waals surface area contributed by atoms with Crippen molar-refractivity contribution in [3.05, 3.63) is 34.4 Å². The van der Waals surface area contributed by atoms with Gasteiger partial charge >= 0.3 is 0 Å². The number of hydrogen-bond donors (Lipinski definition) is 2. The van der Waals surface area contributed by atoms with E-state index in [1.807, 2.05) is 0 Å². The van der Waals surface area contributed by atoms with Crippen LogP contribution < -0.4 is 10.0 Å². The summed E-state index contributed by atoms with van der Waals surface area (Å²) in [5.41, 5.74) is -1.70. The number of nitro groups is 1. The van der Waals surface area contributed by atoms with Crippen LogP contribution in [0.1, 0.15) is 51.4 Å². The van der Waals surface area contributed by atoms with E-state index in [0.717, 1.165) is 50.0 Å². The van der Waals surface area contributed by atoms with Crippen LogP contribution in [0.15, 0.2) is 29.2 Å². The average molecular weight is 434 g/mol. The molecule has 162 valence electrons. The molecule has 0 spiro atoms. The highest BCUT2D eigenvalue weighted by atomic mass is 32.2. The molecule has 4 bridgehead atoms. The fraction of sp³-hybridized carbons (Fsp3) is 0.667. The van der Waals surface area contributed by atoms with Gasteiger partial charge in [-0.1, -0.05) is 12.1 Å². The Labute approximate surface area is 176 Å². The molecule has 0 unspecified atom stereocenters. The fourth-order valence-corrected chi connectivity index (χ4v) is 8.10. The van der Waals surface area contributed by atoms with Gasteiger partial charge in [-0.05, 0) is 81.1 Å². The van der Waals surface area contributed by atoms with Crippen LogP contribution in [0.5, 0.6) is 0 Å². The number of nitro benzene ring substituents is 1. The molecule has 9 heteroatoms. The summed E-state index contributed by atoms with van der Waals surface area (Å²) >= 11 is 0. The number of sulfonamides is 1. The molecular weight excluding hydrogens is 406 g/mol. The summed E-state index contributed by atoms with van der Waals surface area (Å²) in [6, 6.07) is 5.37. The molecule has 8 nitrogen and oxygen atoms in total. The van der Waals surface area contributed by atoms with Crippen molar-refractivity contribution in [3.8, 4) is 0 Å². The summed E-state index contributed by atoms with van der Waals surface area (Å²) in [4.78, 5) is 23.5. The van der Waals surface area contributed by atoms with Gasteiger partial charge in [0.05, 0.1) is 4.92 Å². The fourth-order valence-electron chi connectivity index (χ4n) is 6.50. The first-order valence-electron chi connectivity index (χ1n) is 10.9. The van der Waals surface area contributed by atoms with Crippen LogP contribution in [0.2, 0.25) is 0 Å². The molecule has 1 amide bonds. The number of nitrogens with one attached hydrogen (secondary N) is 2. The van der Waals surface area contributed by atoms with Crippen LogP contribution in [0.3, 0.4) is 0 Å². The molecule has 5 aliphatic carbocycles. The largest absolute Gasteiger partial charge is 0.351 e. The van der Waals surface area contributed by atoms with Crippen LogP contribution >= 0.6 is 0 Å². The van der Waals surface area contributed by atoms with Gasteiger partial charge in [0.2, 0.25) is 15.9 Å². The number of carbonyl (C=O) groups is 1. The van der Waals surface area contributed by atoms with E-state index in [1.54, 1.807) is 0 Å². The topological polar surface area (TPSA) is 118 Å². The molecule has 5 saturated carbocycles. The van der Waals surface area contributed by atoms with E-state index in [0.29, 0.717) is 24.7 Å². The molecule has 0 atom stereocenters. The molecule has 5 fully saturated rings. The second kappa shape index (κ2) is 7.02. The minimum atomic E-state index is -4.21. The number of hydrogen-bond acceptors (Lipinski definition) is 5. The lowest BCUT2D eigenvalue weighted by atomic mass is 9.54. The average Bonchev–Trinajstić information content (AvgIpc) is 2.67. The van der Waals surface area contributed by atoms with Crippen LogP contribution in [-0.2, 0) is 14.8 Å². The zero-order valence-electron chi connectivity index (χ0n) is 16.7. The van der Waals surface area contributed by atoms with E-state index in [1.165, 1.54) is 24.6 Å². The zero-order chi connectivity index (χ0) is 21.1. The molecule has 0 heterocycles. The highest BCUT2D eigenvalue weighted by Gasteiger charge is 2.52. The normalized spacial score (nSPS) is 33.7. The maximum atomic E-state index is 13.3. The number of rotatable bonds is 6. The highest BCUT2D eigenvalue weighted by molar-refractivity contribution is 7.89. The Hall–Kier alpha value is -2.00. The number of benzene rings is 1. The monoisotopic (exact) mass is 433 g/mol. The lowest BCUT2D eigenvalue weighted by Crippen LogP contribution is -2.66. The van der Waals surface area contributed by atoms with E-state index in [4.69, 9.17) is 0 Å². The van der Waals surface area contributed by atoms with Crippen LogP contribution in [-0.4, -0.2) is 30.8 Å². The van der Waals surface area contributed by atoms with E-state index < -0.39 is 31.1 Å². The van der Waals surface area contributed by atoms with E-state index in [-0.39, 0.29) is 11.9 Å². The third kappa shape index (κ3) is 3.22. The summed E-state index contributed by atoms with van der Waals surface area (Å²) in [6.45, 7) is 0. The first kappa shape index (κ1) is 19.9. The van der Waals surface area contributed by atoms with E-state index in [9.17, 15) is 23.3 Å². The van der Waals surface area contributed by atoms with Crippen LogP contribution in [0.25, 0.3) is 0 Å². The molecule has 0 radical (unpaired) electrons. The zero-order valence-corrected chi connectivity index (χ0v) is 17.6. The molecule has 5 aliphatic rings. The Morgan fingerprint density at radius 2 is 1.63 bits per heavy atom. The summed E-state index contributed by atoms with van der Waals surface area (Å²) < 4.78 is 28.6. The predicted molar refractivity (Wildman–Crippen MR) is 109 cm³/mol. The SMILES string of the molecule is O=C(NC1C2CC3CC(C2)CC1C3)C1(NS(=O)(=O)c2ccccc2[N+](=O)[O-])CCC1. The first-order chi connectivity index (χ1) is 14.3. The molecule has 1 aromatic rings. The Bertz CT molecular complexity index is 960. The quantitative estimate of drug-likeness (QED) is 0.528. The van der Waals surface area contributed by atoms with Crippen molar-refractivity contribution in [2.24, 2.45) is 23.7 Å². The van der Waals surface area contributed by atoms with Crippen molar-refractivity contribution in [1.82, 2.24) is 10.0 Å². The molecule has 6 rings (SSSR count). The standard InChI is InChI=1S/C21H27N3O5S/c25-20(22-19-15-9-13-8-14(11-15)12-16(19)10-13)21(6-3-7-21)23-30(28,29)18-5-2-1-4-17(18)24(26)27/h1-2,4-5,13-16,19,23H,3,6-12H2,(H,22,25). The minimum Gasteiger partial charge on any atom is -0.351 e. The lowest BCUT2D eigenvalue weighted by molar-refractivity contribution is -0.387. The van der Waals surface area contributed by atoms with Crippen molar-refractivity contribution < 1.29 is 18.1 Å². The number of amides is 1. The molecule has 2 N–H and O–H groups in total. The summed E-state index contributed by atoms with van der Waals surface area (Å²) in [5, 5.41) is 14.5. The molecule has 0 aromatic heterocycles. The third-order valence-electron chi connectivity index (χ3n) is 7.85. The number of carbonyl (C=O) groups excluding carboxylic acids is 1. The first-order valence-corrected chi connectivity index (χ1v) is 12.3. The maximum absolute atomic E-state index is 13.3. The molecule has 0 saturated heterocycles. The van der Waals surface area contributed by atoms with Crippen molar-refractivity contribution in [2.45, 2.75) is 67.8 Å². The van der Waals surface area contributed by atoms with Crippen LogP contribution in [0, 0.1) is 33.8 Å². The predicted octanol–water partition coefficient (Wildman–Crippen LogP) is 2.74. The van der Waals surface area contributed by atoms with Gasteiger partial charge in [0.25, 0.3) is 5.69 Å². The smallest absolute Gasteiger partial charge is 0.289 e. The number of para-hydroxylation sites is 1. The Balaban J connectivity index is 1.36. The summed E-state index contributed by atoms with van der Waals surface area (Å²) in [6.07, 6.45) is 7.53. The molecule has 30 heavy (non-hydrogen) atoms. The van der Waals surface area contributed by atoms with Gasteiger partial charge in [-0.25, -0.2) is 8.42 Å². The van der Waals surface area contributed by atoms with Crippen molar-refractivity contribution in [2.75, 3.05) is 0 Å². The van der Waals surface area contributed by atoms with E-state index in [2.05, 4.69) is 10.0 Å². The van der Waals surface area contributed by atoms with E-state index >= 15 is 0 Å². The van der Waals surface area contributed by atoms with Gasteiger partial charge < -0.3 is 5.32 Å². The summed E-state index contributed by atoms with van der Waals surface area (Å²) in [5.74, 6) is 2.29. The second-order valence-corrected chi connectivity index (χ2v) is 11.3. The van der Waals surface area contributed by atoms with Gasteiger partial charge in [-0.2, -0.15) is 4.72 Å². The van der Waals surface area contributed by atoms with Gasteiger partial charge in [0.1, 0.15) is 5.54 Å². The summed E-state index contributed by atoms with van der Waals surface area (Å²) in [7, 11) is -4.21. The molecule has 1 aromatic carbocycles. The van der Waals surface area contributed by atoms with Crippen LogP contribution in [0.4, 0.5) is 5.69 Å². The van der Waals surface area contributed by atoms with Crippen molar-refractivity contribution >= 4 is 21.6 Å². The molecular formula is C21H27N3O5S. The van der Waals surface area contributed by atoms with Gasteiger partial charge in [-0.15, -0.1) is 0 Å². The maximum Gasteiger partial charge on any atom is 0.289 e. The Morgan fingerprint density at radius 1 is 1.03 bits per heavy atom. The van der Waals surface area contributed by atoms with Gasteiger partial charge in [0.15, 0.2) is 4.90 Å². The number of nitrogens with zero attached hydrogens (tertiary/aromatic N) is 1. The van der Waals surface area contributed by atoms with Crippen molar-refractivity contribution in [3.63, 3.8) is 0 Å². The Kier molecular flexibility index (Phi) is 4.66.